The van der Waals surface area contributed by atoms with Gasteiger partial charge in [-0.15, -0.1) is 0 Å². The van der Waals surface area contributed by atoms with Crippen LogP contribution in [0.25, 0.3) is 5.69 Å². The van der Waals surface area contributed by atoms with E-state index in [1.165, 1.54) is 6.07 Å². The highest BCUT2D eigenvalue weighted by Gasteiger charge is 2.18. The second kappa shape index (κ2) is 4.37. The average Bonchev–Trinajstić information content (AvgIpc) is 2.82. The van der Waals surface area contributed by atoms with Gasteiger partial charge in [-0.25, -0.2) is 9.37 Å². The number of benzene rings is 1. The third kappa shape index (κ3) is 1.65. The van der Waals surface area contributed by atoms with Gasteiger partial charge >= 0.3 is 0 Å². The van der Waals surface area contributed by atoms with E-state index < -0.39 is 5.82 Å². The lowest BCUT2D eigenvalue weighted by molar-refractivity contribution is 0.112. The van der Waals surface area contributed by atoms with E-state index in [1.54, 1.807) is 18.5 Å². The molecule has 4 heteroatoms. The number of nitrogens with zero attached hydrogens (tertiary/aromatic N) is 2. The topological polar surface area (TPSA) is 34.9 Å². The first-order valence-electron chi connectivity index (χ1n) is 6.10. The van der Waals surface area contributed by atoms with Crippen molar-refractivity contribution in [3.8, 4) is 5.69 Å². The van der Waals surface area contributed by atoms with Gasteiger partial charge < -0.3 is 4.57 Å². The highest BCUT2D eigenvalue weighted by atomic mass is 19.1. The molecule has 18 heavy (non-hydrogen) atoms. The molecule has 0 bridgehead atoms. The van der Waals surface area contributed by atoms with Gasteiger partial charge in [-0.2, -0.15) is 0 Å². The summed E-state index contributed by atoms with van der Waals surface area (Å²) in [4.78, 5) is 15.4. The number of hydrogen-bond donors (Lipinski definition) is 0. The maximum atomic E-state index is 13.6. The predicted molar refractivity (Wildman–Crippen MR) is 65.6 cm³/mol. The van der Waals surface area contributed by atoms with Crippen molar-refractivity contribution in [3.63, 3.8) is 0 Å². The van der Waals surface area contributed by atoms with Crippen molar-refractivity contribution in [2.75, 3.05) is 0 Å². The number of imidazole rings is 1. The monoisotopic (exact) mass is 244 g/mol. The fourth-order valence-electron chi connectivity index (χ4n) is 2.53. The van der Waals surface area contributed by atoms with Crippen LogP contribution < -0.4 is 0 Å². The molecular weight excluding hydrogens is 231 g/mol. The summed E-state index contributed by atoms with van der Waals surface area (Å²) < 4.78 is 15.5. The second-order valence-electron chi connectivity index (χ2n) is 4.51. The molecule has 1 aliphatic rings. The quantitative estimate of drug-likeness (QED) is 0.761. The molecule has 1 aromatic carbocycles. The zero-order valence-electron chi connectivity index (χ0n) is 9.90. The fraction of sp³-hybridized carbons (Fsp3) is 0.286. The van der Waals surface area contributed by atoms with Gasteiger partial charge in [0.15, 0.2) is 6.29 Å². The molecule has 0 unspecified atom stereocenters. The Morgan fingerprint density at radius 2 is 2.11 bits per heavy atom. The van der Waals surface area contributed by atoms with Crippen molar-refractivity contribution < 1.29 is 9.18 Å². The minimum Gasteiger partial charge on any atom is -0.302 e. The summed E-state index contributed by atoms with van der Waals surface area (Å²) in [6.45, 7) is 0. The molecule has 2 aromatic rings. The number of hydrogen-bond acceptors (Lipinski definition) is 2. The summed E-state index contributed by atoms with van der Waals surface area (Å²) in [6, 6.07) is 4.67. The molecule has 0 spiro atoms. The van der Waals surface area contributed by atoms with Crippen molar-refractivity contribution >= 4 is 6.29 Å². The van der Waals surface area contributed by atoms with Gasteiger partial charge in [0, 0.05) is 5.69 Å². The largest absolute Gasteiger partial charge is 0.302 e. The maximum Gasteiger partial charge on any atom is 0.155 e. The SMILES string of the molecule is O=Cc1c(F)cccc1-n1cnc2c1CCCC2. The van der Waals surface area contributed by atoms with E-state index >= 15 is 0 Å². The third-order valence-corrected chi connectivity index (χ3v) is 3.44. The number of carbonyl (C=O) groups excluding carboxylic acids is 1. The lowest BCUT2D eigenvalue weighted by atomic mass is 10.0. The Morgan fingerprint density at radius 1 is 1.28 bits per heavy atom. The van der Waals surface area contributed by atoms with Crippen molar-refractivity contribution in [1.29, 1.82) is 0 Å². The molecule has 92 valence electrons. The van der Waals surface area contributed by atoms with Crippen LogP contribution in [-0.4, -0.2) is 15.8 Å². The number of aldehydes is 1. The van der Waals surface area contributed by atoms with Gasteiger partial charge in [-0.3, -0.25) is 4.79 Å². The molecule has 3 nitrogen and oxygen atoms in total. The minimum absolute atomic E-state index is 0.100. The summed E-state index contributed by atoms with van der Waals surface area (Å²) in [5, 5.41) is 0. The summed E-state index contributed by atoms with van der Waals surface area (Å²) in [7, 11) is 0. The normalized spacial score (nSPS) is 14.3. The van der Waals surface area contributed by atoms with Gasteiger partial charge in [0.1, 0.15) is 5.82 Å². The molecule has 1 aliphatic carbocycles. The Kier molecular flexibility index (Phi) is 2.70. The molecule has 0 N–H and O–H groups in total. The van der Waals surface area contributed by atoms with Crippen LogP contribution in [0.1, 0.15) is 34.6 Å². The summed E-state index contributed by atoms with van der Waals surface area (Å²) in [5.74, 6) is -0.485. The van der Waals surface area contributed by atoms with Gasteiger partial charge in [0.25, 0.3) is 0 Å². The molecule has 0 amide bonds. The second-order valence-corrected chi connectivity index (χ2v) is 4.51. The van der Waals surface area contributed by atoms with E-state index in [2.05, 4.69) is 4.98 Å². The van der Waals surface area contributed by atoms with Crippen molar-refractivity contribution in [2.24, 2.45) is 0 Å². The van der Waals surface area contributed by atoms with E-state index in [4.69, 9.17) is 0 Å². The molecule has 0 saturated heterocycles. The number of aryl methyl sites for hydroxylation is 1. The lowest BCUT2D eigenvalue weighted by Crippen LogP contribution is -2.09. The molecule has 1 aromatic heterocycles. The Morgan fingerprint density at radius 3 is 2.94 bits per heavy atom. The fourth-order valence-corrected chi connectivity index (χ4v) is 2.53. The van der Waals surface area contributed by atoms with Crippen LogP contribution in [0.5, 0.6) is 0 Å². The first-order chi connectivity index (χ1) is 8.81. The van der Waals surface area contributed by atoms with Gasteiger partial charge in [0.05, 0.1) is 23.3 Å². The van der Waals surface area contributed by atoms with Gasteiger partial charge in [-0.1, -0.05) is 6.07 Å². The number of fused-ring (bicyclic) bond motifs is 1. The maximum absolute atomic E-state index is 13.6. The predicted octanol–water partition coefficient (Wildman–Crippen LogP) is 2.70. The molecule has 0 radical (unpaired) electrons. The van der Waals surface area contributed by atoms with Crippen molar-refractivity contribution in [1.82, 2.24) is 9.55 Å². The first-order valence-corrected chi connectivity index (χ1v) is 6.10. The Hall–Kier alpha value is -1.97. The molecule has 0 aliphatic heterocycles. The smallest absolute Gasteiger partial charge is 0.155 e. The first kappa shape index (κ1) is 11.1. The third-order valence-electron chi connectivity index (χ3n) is 3.44. The molecule has 0 saturated carbocycles. The van der Waals surface area contributed by atoms with E-state index in [-0.39, 0.29) is 5.56 Å². The van der Waals surface area contributed by atoms with Crippen LogP contribution >= 0.6 is 0 Å². The highest BCUT2D eigenvalue weighted by Crippen LogP contribution is 2.25. The van der Waals surface area contributed by atoms with Gasteiger partial charge in [-0.05, 0) is 37.8 Å². The van der Waals surface area contributed by atoms with Crippen molar-refractivity contribution in [3.05, 3.63) is 47.3 Å². The Balaban J connectivity index is 2.18. The molecular formula is C14H13FN2O. The molecule has 1 heterocycles. The van der Waals surface area contributed by atoms with Gasteiger partial charge in [0.2, 0.25) is 0 Å². The average molecular weight is 244 g/mol. The number of halogens is 1. The van der Waals surface area contributed by atoms with Crippen LogP contribution in [0.3, 0.4) is 0 Å². The minimum atomic E-state index is -0.485. The number of carbonyl (C=O) groups is 1. The molecule has 3 rings (SSSR count). The summed E-state index contributed by atoms with van der Waals surface area (Å²) >= 11 is 0. The standard InChI is InChI=1S/C14H13FN2O/c15-11-4-3-7-13(10(11)8-18)17-9-16-12-5-1-2-6-14(12)17/h3-4,7-9H,1-2,5-6H2. The van der Waals surface area contributed by atoms with Crippen LogP contribution in [0.15, 0.2) is 24.5 Å². The summed E-state index contributed by atoms with van der Waals surface area (Å²) in [6.07, 6.45) is 6.42. The highest BCUT2D eigenvalue weighted by molar-refractivity contribution is 5.81. The van der Waals surface area contributed by atoms with Crippen LogP contribution in [-0.2, 0) is 12.8 Å². The Bertz CT molecular complexity index is 604. The molecule has 0 fully saturated rings. The van der Waals surface area contributed by atoms with Crippen LogP contribution in [0.4, 0.5) is 4.39 Å². The van der Waals surface area contributed by atoms with E-state index in [0.717, 1.165) is 37.1 Å². The number of aromatic nitrogens is 2. The summed E-state index contributed by atoms with van der Waals surface area (Å²) in [5.41, 5.74) is 2.86. The van der Waals surface area contributed by atoms with E-state index in [1.807, 2.05) is 4.57 Å². The van der Waals surface area contributed by atoms with Crippen LogP contribution in [0.2, 0.25) is 0 Å². The lowest BCUT2D eigenvalue weighted by Gasteiger charge is -2.15. The van der Waals surface area contributed by atoms with Crippen LogP contribution in [0, 0.1) is 5.82 Å². The zero-order valence-corrected chi connectivity index (χ0v) is 9.90. The van der Waals surface area contributed by atoms with Crippen molar-refractivity contribution in [2.45, 2.75) is 25.7 Å². The Labute approximate surface area is 104 Å². The van der Waals surface area contributed by atoms with E-state index in [9.17, 15) is 9.18 Å². The zero-order chi connectivity index (χ0) is 12.5. The number of rotatable bonds is 2. The van der Waals surface area contributed by atoms with E-state index in [0.29, 0.717) is 12.0 Å². The molecule has 0 atom stereocenters.